The van der Waals surface area contributed by atoms with Crippen LogP contribution in [0.5, 0.6) is 0 Å². The third-order valence-corrected chi connectivity index (χ3v) is 7.72. The van der Waals surface area contributed by atoms with Crippen molar-refractivity contribution in [1.82, 2.24) is 5.32 Å². The number of dihydropyridines is 1. The van der Waals surface area contributed by atoms with Gasteiger partial charge in [0.25, 0.3) is 0 Å². The molecule has 1 heterocycles. The minimum atomic E-state index is -0.787. The van der Waals surface area contributed by atoms with Crippen LogP contribution in [0, 0.1) is 25.2 Å². The van der Waals surface area contributed by atoms with Crippen LogP contribution in [0.1, 0.15) is 35.1 Å². The number of nitriles is 1. The van der Waals surface area contributed by atoms with Crippen LogP contribution in [-0.4, -0.2) is 24.2 Å². The molecule has 198 valence electrons. The Bertz CT molecular complexity index is 1510. The van der Waals surface area contributed by atoms with Crippen LogP contribution in [0.25, 0.3) is 5.70 Å². The third-order valence-electron chi connectivity index (χ3n) is 6.36. The number of rotatable bonds is 8. The van der Waals surface area contributed by atoms with Crippen molar-refractivity contribution in [1.29, 1.82) is 5.26 Å². The quantitative estimate of drug-likeness (QED) is 0.299. The number of esters is 1. The molecule has 3 aromatic carbocycles. The molecule has 0 bridgehead atoms. The molecule has 1 aliphatic heterocycles. The Labute approximate surface area is 237 Å². The van der Waals surface area contributed by atoms with Gasteiger partial charge in [-0.2, -0.15) is 5.26 Å². The monoisotopic (exact) mass is 557 g/mol. The molecule has 1 amide bonds. The van der Waals surface area contributed by atoms with Crippen molar-refractivity contribution in [3.63, 3.8) is 0 Å². The maximum Gasteiger partial charge on any atom is 0.337 e. The second-order valence-electron chi connectivity index (χ2n) is 8.95. The van der Waals surface area contributed by atoms with Gasteiger partial charge in [-0.15, -0.1) is 0 Å². The number of carbonyl (C=O) groups excluding carboxylic acids is 2. The maximum atomic E-state index is 13.4. The van der Waals surface area contributed by atoms with Gasteiger partial charge in [-0.1, -0.05) is 78.0 Å². The van der Waals surface area contributed by atoms with Gasteiger partial charge >= 0.3 is 5.97 Å². The van der Waals surface area contributed by atoms with E-state index in [0.29, 0.717) is 27.0 Å². The number of nitrogens with zero attached hydrogens (tertiary/aromatic N) is 1. The molecule has 3 aromatic rings. The number of anilines is 1. The average Bonchev–Trinajstić information content (AvgIpc) is 2.94. The lowest BCUT2D eigenvalue weighted by molar-refractivity contribution is -0.138. The predicted octanol–water partition coefficient (Wildman–Crippen LogP) is 6.73. The van der Waals surface area contributed by atoms with Crippen molar-refractivity contribution < 1.29 is 14.3 Å². The molecule has 1 atom stereocenters. The summed E-state index contributed by atoms with van der Waals surface area (Å²) in [6.07, 6.45) is 0. The topological polar surface area (TPSA) is 91.2 Å². The lowest BCUT2D eigenvalue weighted by Crippen LogP contribution is -2.30. The zero-order valence-electron chi connectivity index (χ0n) is 21.9. The average molecular weight is 558 g/mol. The van der Waals surface area contributed by atoms with Crippen LogP contribution in [-0.2, 0) is 14.3 Å². The fourth-order valence-corrected chi connectivity index (χ4v) is 5.42. The van der Waals surface area contributed by atoms with E-state index in [9.17, 15) is 14.9 Å². The highest BCUT2D eigenvalue weighted by Crippen LogP contribution is 2.45. The second kappa shape index (κ2) is 12.7. The highest BCUT2D eigenvalue weighted by atomic mass is 35.5. The summed E-state index contributed by atoms with van der Waals surface area (Å²) in [5.41, 5.74) is 5.36. The summed E-state index contributed by atoms with van der Waals surface area (Å²) in [4.78, 5) is 26.3. The van der Waals surface area contributed by atoms with Gasteiger partial charge in [-0.3, -0.25) is 4.79 Å². The van der Waals surface area contributed by atoms with E-state index in [1.54, 1.807) is 25.1 Å². The Hall–Kier alpha value is -3.99. The molecule has 4 rings (SSSR count). The molecule has 0 saturated carbocycles. The largest absolute Gasteiger partial charge is 0.463 e. The van der Waals surface area contributed by atoms with Crippen LogP contribution in [0.4, 0.5) is 5.69 Å². The number of thioether (sulfide) groups is 1. The molecule has 0 radical (unpaired) electrons. The molecule has 6 nitrogen and oxygen atoms in total. The molecule has 0 aliphatic carbocycles. The van der Waals surface area contributed by atoms with Gasteiger partial charge in [0.1, 0.15) is 0 Å². The molecule has 0 saturated heterocycles. The highest BCUT2D eigenvalue weighted by Gasteiger charge is 2.38. The van der Waals surface area contributed by atoms with E-state index in [4.69, 9.17) is 16.3 Å². The van der Waals surface area contributed by atoms with Crippen molar-refractivity contribution in [2.75, 3.05) is 17.7 Å². The number of amides is 1. The SMILES string of the molecule is CCOC(=O)C1=C(c2ccccc2)NC(SCC(=O)Nc2ccc(C)c(C)c2)=C(C#N)C1c1ccccc1Cl. The fraction of sp³-hybridized carbons (Fsp3) is 0.194. The number of ether oxygens (including phenoxy) is 1. The predicted molar refractivity (Wildman–Crippen MR) is 157 cm³/mol. The first kappa shape index (κ1) is 28.0. The van der Waals surface area contributed by atoms with Crippen LogP contribution >= 0.6 is 23.4 Å². The zero-order valence-corrected chi connectivity index (χ0v) is 23.5. The summed E-state index contributed by atoms with van der Waals surface area (Å²) in [5.74, 6) is -1.50. The van der Waals surface area contributed by atoms with E-state index < -0.39 is 11.9 Å². The molecular formula is C31H28ClN3O3S. The number of nitrogens with one attached hydrogen (secondary N) is 2. The van der Waals surface area contributed by atoms with Crippen LogP contribution in [0.3, 0.4) is 0 Å². The summed E-state index contributed by atoms with van der Waals surface area (Å²) in [7, 11) is 0. The molecule has 1 unspecified atom stereocenters. The molecule has 0 fully saturated rings. The lowest BCUT2D eigenvalue weighted by atomic mass is 9.81. The van der Waals surface area contributed by atoms with E-state index in [1.165, 1.54) is 11.8 Å². The number of carbonyl (C=O) groups is 2. The van der Waals surface area contributed by atoms with Crippen LogP contribution in [0.15, 0.2) is 89.0 Å². The summed E-state index contributed by atoms with van der Waals surface area (Å²) in [6.45, 7) is 5.91. The van der Waals surface area contributed by atoms with E-state index in [0.717, 1.165) is 16.7 Å². The maximum absolute atomic E-state index is 13.4. The van der Waals surface area contributed by atoms with Gasteiger partial charge in [0, 0.05) is 10.7 Å². The van der Waals surface area contributed by atoms with Gasteiger partial charge in [0.15, 0.2) is 0 Å². The number of hydrogen-bond acceptors (Lipinski definition) is 6. The smallest absolute Gasteiger partial charge is 0.337 e. The normalized spacial score (nSPS) is 14.9. The van der Waals surface area contributed by atoms with Gasteiger partial charge < -0.3 is 15.4 Å². The molecule has 2 N–H and O–H groups in total. The molecular weight excluding hydrogens is 530 g/mol. The molecule has 39 heavy (non-hydrogen) atoms. The standard InChI is InChI=1S/C31H28ClN3O3S/c1-4-38-31(37)28-27(23-12-8-9-13-25(23)32)24(17-33)30(35-29(28)21-10-6-5-7-11-21)39-18-26(36)34-22-15-14-19(2)20(3)16-22/h5-16,27,35H,4,18H2,1-3H3,(H,34,36). The Kier molecular flexibility index (Phi) is 9.13. The Morgan fingerprint density at radius 3 is 2.44 bits per heavy atom. The minimum Gasteiger partial charge on any atom is -0.463 e. The second-order valence-corrected chi connectivity index (χ2v) is 10.3. The van der Waals surface area contributed by atoms with E-state index in [2.05, 4.69) is 16.7 Å². The van der Waals surface area contributed by atoms with Crippen molar-refractivity contribution in [3.8, 4) is 6.07 Å². The van der Waals surface area contributed by atoms with E-state index in [1.807, 2.05) is 68.4 Å². The number of allylic oxidation sites excluding steroid dienone is 1. The van der Waals surface area contributed by atoms with E-state index >= 15 is 0 Å². The number of halogens is 1. The Morgan fingerprint density at radius 2 is 1.77 bits per heavy atom. The van der Waals surface area contributed by atoms with Crippen LogP contribution < -0.4 is 10.6 Å². The number of aryl methyl sites for hydroxylation is 2. The Morgan fingerprint density at radius 1 is 1.05 bits per heavy atom. The van der Waals surface area contributed by atoms with Crippen molar-refractivity contribution >= 4 is 46.6 Å². The molecule has 0 aromatic heterocycles. The summed E-state index contributed by atoms with van der Waals surface area (Å²) >= 11 is 7.81. The third kappa shape index (κ3) is 6.36. The lowest BCUT2D eigenvalue weighted by Gasteiger charge is -2.31. The Balaban J connectivity index is 1.76. The van der Waals surface area contributed by atoms with Crippen molar-refractivity contribution in [3.05, 3.63) is 116 Å². The van der Waals surface area contributed by atoms with Gasteiger partial charge in [-0.25, -0.2) is 4.79 Å². The molecule has 8 heteroatoms. The first-order valence-corrected chi connectivity index (χ1v) is 13.8. The molecule has 1 aliphatic rings. The number of benzene rings is 3. The van der Waals surface area contributed by atoms with Crippen molar-refractivity contribution in [2.24, 2.45) is 0 Å². The summed E-state index contributed by atoms with van der Waals surface area (Å²) in [6, 6.07) is 24.5. The first-order chi connectivity index (χ1) is 18.8. The highest BCUT2D eigenvalue weighted by molar-refractivity contribution is 8.03. The van der Waals surface area contributed by atoms with Gasteiger partial charge in [-0.05, 0) is 61.2 Å². The van der Waals surface area contributed by atoms with Gasteiger partial charge in [0.05, 0.1) is 46.2 Å². The fourth-order valence-electron chi connectivity index (χ4n) is 4.33. The molecule has 0 spiro atoms. The van der Waals surface area contributed by atoms with Crippen molar-refractivity contribution in [2.45, 2.75) is 26.7 Å². The summed E-state index contributed by atoms with van der Waals surface area (Å²) < 4.78 is 5.45. The summed E-state index contributed by atoms with van der Waals surface area (Å²) in [5, 5.41) is 17.5. The minimum absolute atomic E-state index is 0.0481. The first-order valence-electron chi connectivity index (χ1n) is 12.5. The van der Waals surface area contributed by atoms with Gasteiger partial charge in [0.2, 0.25) is 5.91 Å². The van der Waals surface area contributed by atoms with E-state index in [-0.39, 0.29) is 29.4 Å². The van der Waals surface area contributed by atoms with Crippen LogP contribution in [0.2, 0.25) is 5.02 Å². The zero-order chi connectivity index (χ0) is 27.9. The number of hydrogen-bond donors (Lipinski definition) is 2.